The quantitative estimate of drug-likeness (QED) is 0.779. The Hall–Kier alpha value is -1.63. The van der Waals surface area contributed by atoms with E-state index in [1.165, 1.54) is 24.5 Å². The average Bonchev–Trinajstić information content (AvgIpc) is 3.02. The van der Waals surface area contributed by atoms with Crippen LogP contribution in [0.15, 0.2) is 14.6 Å². The van der Waals surface area contributed by atoms with Crippen molar-refractivity contribution in [1.29, 1.82) is 0 Å². The van der Waals surface area contributed by atoms with Crippen LogP contribution in [0.2, 0.25) is 0 Å². The van der Waals surface area contributed by atoms with E-state index in [-0.39, 0.29) is 16.7 Å². The molecule has 24 heavy (non-hydrogen) atoms. The van der Waals surface area contributed by atoms with E-state index in [1.54, 1.807) is 18.8 Å². The number of rotatable bonds is 2. The highest BCUT2D eigenvalue weighted by atomic mass is 32.2. The minimum absolute atomic E-state index is 0.254. The van der Waals surface area contributed by atoms with Crippen LogP contribution in [0.25, 0.3) is 11.0 Å². The normalized spacial score (nSPS) is 16.2. The van der Waals surface area contributed by atoms with Gasteiger partial charge in [-0.05, 0) is 12.8 Å². The van der Waals surface area contributed by atoms with Crippen molar-refractivity contribution in [3.63, 3.8) is 0 Å². The average molecular weight is 348 g/mol. The van der Waals surface area contributed by atoms with E-state index in [0.717, 1.165) is 17.4 Å². The van der Waals surface area contributed by atoms with Gasteiger partial charge in [-0.25, -0.2) is 14.8 Å². The van der Waals surface area contributed by atoms with Gasteiger partial charge in [0.15, 0.2) is 5.65 Å². The fourth-order valence-electron chi connectivity index (χ4n) is 3.01. The van der Waals surface area contributed by atoms with E-state index in [2.05, 4.69) is 4.98 Å². The molecule has 0 spiro atoms. The summed E-state index contributed by atoms with van der Waals surface area (Å²) in [6.07, 6.45) is 4.74. The van der Waals surface area contributed by atoms with Crippen molar-refractivity contribution in [2.45, 2.75) is 62.1 Å². The van der Waals surface area contributed by atoms with E-state index >= 15 is 0 Å². The second-order valence-electron chi connectivity index (χ2n) is 7.53. The van der Waals surface area contributed by atoms with Gasteiger partial charge in [0, 0.05) is 24.8 Å². The maximum Gasteiger partial charge on any atom is 0.332 e. The van der Waals surface area contributed by atoms with Gasteiger partial charge in [0.2, 0.25) is 0 Å². The van der Waals surface area contributed by atoms with Crippen LogP contribution < -0.4 is 11.2 Å². The zero-order valence-electron chi connectivity index (χ0n) is 14.9. The summed E-state index contributed by atoms with van der Waals surface area (Å²) in [6.45, 7) is 6.12. The van der Waals surface area contributed by atoms with E-state index < -0.39 is 0 Å². The standard InChI is InChI=1S/C17H24N4O2S/c1-17(2,3)15-18-12-11(14(22)21(5)16(23)20(12)4)13(19-15)24-10-8-6-7-9-10/h10H,6-9H2,1-5H3. The van der Waals surface area contributed by atoms with Crippen molar-refractivity contribution in [3.8, 4) is 0 Å². The molecule has 0 aromatic carbocycles. The van der Waals surface area contributed by atoms with Crippen LogP contribution in [-0.4, -0.2) is 24.4 Å². The molecule has 2 aromatic heterocycles. The van der Waals surface area contributed by atoms with Gasteiger partial charge in [0.25, 0.3) is 5.56 Å². The Labute approximate surface area is 145 Å². The highest BCUT2D eigenvalue weighted by Crippen LogP contribution is 2.36. The molecule has 1 saturated carbocycles. The monoisotopic (exact) mass is 348 g/mol. The van der Waals surface area contributed by atoms with Gasteiger partial charge in [0.1, 0.15) is 16.2 Å². The third-order valence-corrected chi connectivity index (χ3v) is 5.84. The Kier molecular flexibility index (Phi) is 4.32. The largest absolute Gasteiger partial charge is 0.332 e. The molecule has 1 aliphatic carbocycles. The summed E-state index contributed by atoms with van der Waals surface area (Å²) in [6, 6.07) is 0. The van der Waals surface area contributed by atoms with Crippen molar-refractivity contribution < 1.29 is 0 Å². The van der Waals surface area contributed by atoms with E-state index in [1.807, 2.05) is 20.8 Å². The van der Waals surface area contributed by atoms with E-state index in [0.29, 0.717) is 27.1 Å². The van der Waals surface area contributed by atoms with Crippen molar-refractivity contribution in [2.24, 2.45) is 14.1 Å². The van der Waals surface area contributed by atoms with Crippen LogP contribution in [0.1, 0.15) is 52.3 Å². The van der Waals surface area contributed by atoms with Gasteiger partial charge >= 0.3 is 5.69 Å². The van der Waals surface area contributed by atoms with Crippen LogP contribution in [0.5, 0.6) is 0 Å². The lowest BCUT2D eigenvalue weighted by Crippen LogP contribution is -2.38. The first-order chi connectivity index (χ1) is 11.2. The highest BCUT2D eigenvalue weighted by Gasteiger charge is 2.26. The Morgan fingerprint density at radius 3 is 2.25 bits per heavy atom. The first-order valence-electron chi connectivity index (χ1n) is 8.35. The number of aryl methyl sites for hydroxylation is 1. The van der Waals surface area contributed by atoms with Crippen LogP contribution in [0.3, 0.4) is 0 Å². The van der Waals surface area contributed by atoms with Crippen molar-refractivity contribution in [2.75, 3.05) is 0 Å². The molecule has 6 nitrogen and oxygen atoms in total. The van der Waals surface area contributed by atoms with Gasteiger partial charge in [-0.1, -0.05) is 33.6 Å². The smallest absolute Gasteiger partial charge is 0.280 e. The summed E-state index contributed by atoms with van der Waals surface area (Å²) in [5.41, 5.74) is -0.489. The van der Waals surface area contributed by atoms with Crippen molar-refractivity contribution in [1.82, 2.24) is 19.1 Å². The summed E-state index contributed by atoms with van der Waals surface area (Å²) < 4.78 is 2.59. The van der Waals surface area contributed by atoms with Crippen LogP contribution in [0.4, 0.5) is 0 Å². The molecule has 0 aliphatic heterocycles. The summed E-state index contributed by atoms with van der Waals surface area (Å²) in [7, 11) is 3.17. The van der Waals surface area contributed by atoms with Gasteiger partial charge in [-0.2, -0.15) is 0 Å². The van der Waals surface area contributed by atoms with Crippen LogP contribution in [-0.2, 0) is 19.5 Å². The second kappa shape index (κ2) is 6.02. The van der Waals surface area contributed by atoms with Gasteiger partial charge in [0.05, 0.1) is 0 Å². The van der Waals surface area contributed by atoms with Crippen LogP contribution >= 0.6 is 11.8 Å². The molecule has 130 valence electrons. The summed E-state index contributed by atoms with van der Waals surface area (Å²) in [5, 5.41) is 1.66. The van der Waals surface area contributed by atoms with Crippen molar-refractivity contribution >= 4 is 22.8 Å². The molecule has 1 fully saturated rings. The Balaban J connectivity index is 2.33. The van der Waals surface area contributed by atoms with E-state index in [4.69, 9.17) is 4.98 Å². The second-order valence-corrected chi connectivity index (χ2v) is 8.82. The van der Waals surface area contributed by atoms with Gasteiger partial charge in [-0.15, -0.1) is 11.8 Å². The fraction of sp³-hybridized carbons (Fsp3) is 0.647. The summed E-state index contributed by atoms with van der Waals surface area (Å²) in [4.78, 5) is 34.3. The predicted octanol–water partition coefficient (Wildman–Crippen LogP) is 2.36. The SMILES string of the molecule is Cn1c(=O)c2c(SC3CCCC3)nc(C(C)(C)C)nc2n(C)c1=O. The molecule has 2 aromatic rings. The lowest BCUT2D eigenvalue weighted by Gasteiger charge is -2.20. The fourth-order valence-corrected chi connectivity index (χ4v) is 4.33. The molecule has 2 heterocycles. The number of nitrogens with zero attached hydrogens (tertiary/aromatic N) is 4. The van der Waals surface area contributed by atoms with E-state index in [9.17, 15) is 9.59 Å². The third-order valence-electron chi connectivity index (χ3n) is 4.52. The molecule has 0 bridgehead atoms. The number of hydrogen-bond donors (Lipinski definition) is 0. The number of hydrogen-bond acceptors (Lipinski definition) is 5. The Morgan fingerprint density at radius 1 is 1.04 bits per heavy atom. The maximum absolute atomic E-state index is 12.7. The molecule has 1 aliphatic rings. The zero-order chi connectivity index (χ0) is 17.6. The first-order valence-corrected chi connectivity index (χ1v) is 9.23. The molecule has 0 unspecified atom stereocenters. The van der Waals surface area contributed by atoms with Gasteiger partial charge < -0.3 is 0 Å². The molecule has 0 radical (unpaired) electrons. The Morgan fingerprint density at radius 2 is 1.67 bits per heavy atom. The van der Waals surface area contributed by atoms with Gasteiger partial charge in [-0.3, -0.25) is 13.9 Å². The number of thioether (sulfide) groups is 1. The molecule has 0 N–H and O–H groups in total. The van der Waals surface area contributed by atoms with Crippen molar-refractivity contribution in [3.05, 3.63) is 26.7 Å². The lowest BCUT2D eigenvalue weighted by atomic mass is 9.96. The number of fused-ring (bicyclic) bond motifs is 1. The first kappa shape index (κ1) is 17.2. The minimum atomic E-state index is -0.358. The number of aromatic nitrogens is 4. The topological polar surface area (TPSA) is 69.8 Å². The molecule has 0 amide bonds. The third kappa shape index (κ3) is 2.90. The molecule has 3 rings (SSSR count). The molecular weight excluding hydrogens is 324 g/mol. The Bertz CT molecular complexity index is 902. The van der Waals surface area contributed by atoms with Crippen LogP contribution in [0, 0.1) is 0 Å². The lowest BCUT2D eigenvalue weighted by molar-refractivity contribution is 0.539. The maximum atomic E-state index is 12.7. The minimum Gasteiger partial charge on any atom is -0.280 e. The molecule has 7 heteroatoms. The summed E-state index contributed by atoms with van der Waals surface area (Å²) >= 11 is 1.67. The molecule has 0 atom stereocenters. The highest BCUT2D eigenvalue weighted by molar-refractivity contribution is 8.00. The summed E-state index contributed by atoms with van der Waals surface area (Å²) in [5.74, 6) is 0.666. The predicted molar refractivity (Wildman–Crippen MR) is 96.8 cm³/mol. The molecule has 0 saturated heterocycles. The zero-order valence-corrected chi connectivity index (χ0v) is 15.7. The molecular formula is C17H24N4O2S.